The van der Waals surface area contributed by atoms with Gasteiger partial charge in [-0.15, -0.1) is 0 Å². The van der Waals surface area contributed by atoms with Gasteiger partial charge in [-0.05, 0) is 50.2 Å². The zero-order valence-corrected chi connectivity index (χ0v) is 21.5. The van der Waals surface area contributed by atoms with Crippen LogP contribution >= 0.6 is 23.2 Å². The number of hydrogen-bond acceptors (Lipinski definition) is 7. The van der Waals surface area contributed by atoms with Gasteiger partial charge in [0.2, 0.25) is 14.9 Å². The summed E-state index contributed by atoms with van der Waals surface area (Å²) in [5.41, 5.74) is 1.79. The maximum absolute atomic E-state index is 12.6. The Bertz CT molecular complexity index is 1430. The van der Waals surface area contributed by atoms with Crippen LogP contribution in [0.1, 0.15) is 16.7 Å². The normalized spacial score (nSPS) is 11.8. The van der Waals surface area contributed by atoms with Gasteiger partial charge in [0, 0.05) is 0 Å². The van der Waals surface area contributed by atoms with Crippen LogP contribution in [0.4, 0.5) is 4.79 Å². The molecule has 0 spiro atoms. The molecule has 0 aliphatic carbocycles. The Kier molecular flexibility index (Phi) is 9.27. The minimum Gasteiger partial charge on any atom is -0.464 e. The van der Waals surface area contributed by atoms with E-state index in [1.807, 2.05) is 6.92 Å². The summed E-state index contributed by atoms with van der Waals surface area (Å²) in [7, 11) is -7.96. The molecule has 0 fully saturated rings. The molecule has 0 atom stereocenters. The topological polar surface area (TPSA) is 150 Å². The lowest BCUT2D eigenvalue weighted by molar-refractivity contribution is 0.201. The van der Waals surface area contributed by atoms with E-state index in [1.165, 1.54) is 41.1 Å². The minimum atomic E-state index is -4.03. The van der Waals surface area contributed by atoms with E-state index in [0.29, 0.717) is 0 Å². The van der Waals surface area contributed by atoms with Gasteiger partial charge in [-0.25, -0.2) is 26.4 Å². The SMILES string of the molecule is Cc1ccc(S(=O)(=O)/C(=N/O)c2c(Cl)cccc2Cl)cc1.Cc1ccc(S(=O)(=O)NC(=O)O)cc1. The summed E-state index contributed by atoms with van der Waals surface area (Å²) in [6.07, 6.45) is -1.59. The number of nitrogens with zero attached hydrogens (tertiary/aromatic N) is 1. The van der Waals surface area contributed by atoms with Crippen molar-refractivity contribution in [2.45, 2.75) is 23.6 Å². The van der Waals surface area contributed by atoms with E-state index in [2.05, 4.69) is 5.16 Å². The fourth-order valence-electron chi connectivity index (χ4n) is 2.66. The molecule has 9 nitrogen and oxygen atoms in total. The monoisotopic (exact) mass is 558 g/mol. The van der Waals surface area contributed by atoms with Crippen molar-refractivity contribution in [3.8, 4) is 0 Å². The highest BCUT2D eigenvalue weighted by molar-refractivity contribution is 8.07. The van der Waals surface area contributed by atoms with E-state index in [-0.39, 0.29) is 25.4 Å². The number of nitrogens with one attached hydrogen (secondary N) is 1. The number of aryl methyl sites for hydroxylation is 2. The van der Waals surface area contributed by atoms with Crippen molar-refractivity contribution in [3.63, 3.8) is 0 Å². The van der Waals surface area contributed by atoms with E-state index >= 15 is 0 Å². The Morgan fingerprint density at radius 2 is 1.23 bits per heavy atom. The molecule has 0 saturated carbocycles. The fourth-order valence-corrected chi connectivity index (χ4v) is 5.50. The maximum atomic E-state index is 12.6. The average Bonchev–Trinajstić information content (AvgIpc) is 2.76. The van der Waals surface area contributed by atoms with Crippen LogP contribution in [0.5, 0.6) is 0 Å². The smallest absolute Gasteiger partial charge is 0.418 e. The number of carbonyl (C=O) groups is 1. The van der Waals surface area contributed by atoms with Crippen LogP contribution in [0, 0.1) is 13.8 Å². The van der Waals surface area contributed by atoms with Gasteiger partial charge in [0.15, 0.2) is 0 Å². The number of halogens is 2. The lowest BCUT2D eigenvalue weighted by Crippen LogP contribution is -2.28. The van der Waals surface area contributed by atoms with Crippen molar-refractivity contribution in [3.05, 3.63) is 93.5 Å². The molecule has 13 heteroatoms. The van der Waals surface area contributed by atoms with Gasteiger partial charge in [-0.3, -0.25) is 0 Å². The zero-order chi connectivity index (χ0) is 26.4. The molecular formula is C22H20Cl2N2O7S2. The first kappa shape index (κ1) is 28.1. The van der Waals surface area contributed by atoms with Crippen molar-refractivity contribution < 1.29 is 31.9 Å². The highest BCUT2D eigenvalue weighted by Gasteiger charge is 2.28. The van der Waals surface area contributed by atoms with Crippen molar-refractivity contribution in [1.82, 2.24) is 4.72 Å². The van der Waals surface area contributed by atoms with Crippen molar-refractivity contribution in [2.24, 2.45) is 5.16 Å². The van der Waals surface area contributed by atoms with Crippen molar-refractivity contribution >= 4 is 54.2 Å². The van der Waals surface area contributed by atoms with Gasteiger partial charge in [-0.2, -0.15) is 0 Å². The highest BCUT2D eigenvalue weighted by Crippen LogP contribution is 2.29. The second-order valence-electron chi connectivity index (χ2n) is 7.04. The van der Waals surface area contributed by atoms with E-state index in [1.54, 1.807) is 37.3 Å². The molecule has 0 saturated heterocycles. The van der Waals surface area contributed by atoms with Crippen molar-refractivity contribution in [2.75, 3.05) is 0 Å². The molecule has 0 aliphatic rings. The standard InChI is InChI=1S/C14H11Cl2NO3S.C8H9NO4S/c1-9-5-7-10(8-6-9)21(19,20)14(17-18)13-11(15)3-2-4-12(13)16;1-6-2-4-7(5-3-6)14(12,13)9-8(10)11/h2-8,18H,1H3;2-5,9H,1H3,(H,10,11)/b17-14+;. The molecule has 0 aliphatic heterocycles. The number of rotatable bonds is 4. The molecule has 0 unspecified atom stereocenters. The highest BCUT2D eigenvalue weighted by atomic mass is 35.5. The largest absolute Gasteiger partial charge is 0.464 e. The second kappa shape index (κ2) is 11.5. The van der Waals surface area contributed by atoms with Gasteiger partial charge in [-0.1, -0.05) is 69.8 Å². The van der Waals surface area contributed by atoms with Gasteiger partial charge < -0.3 is 10.3 Å². The molecule has 3 aromatic rings. The average molecular weight is 559 g/mol. The third kappa shape index (κ3) is 7.18. The maximum Gasteiger partial charge on any atom is 0.418 e. The van der Waals surface area contributed by atoms with Crippen LogP contribution in [0.2, 0.25) is 10.0 Å². The molecule has 186 valence electrons. The van der Waals surface area contributed by atoms with Crippen LogP contribution in [0.15, 0.2) is 81.7 Å². The first-order valence-corrected chi connectivity index (χ1v) is 13.3. The summed E-state index contributed by atoms with van der Waals surface area (Å²) >= 11 is 12.0. The van der Waals surface area contributed by atoms with Crippen LogP contribution in [-0.2, 0) is 19.9 Å². The molecular weight excluding hydrogens is 539 g/mol. The van der Waals surface area contributed by atoms with E-state index < -0.39 is 31.0 Å². The number of amides is 1. The van der Waals surface area contributed by atoms with Crippen LogP contribution in [0.25, 0.3) is 0 Å². The number of sulfone groups is 1. The molecule has 0 aromatic heterocycles. The molecule has 35 heavy (non-hydrogen) atoms. The Balaban J connectivity index is 0.000000269. The third-order valence-electron chi connectivity index (χ3n) is 4.41. The number of hydrogen-bond donors (Lipinski definition) is 3. The molecule has 0 radical (unpaired) electrons. The van der Waals surface area contributed by atoms with E-state index in [0.717, 1.165) is 11.1 Å². The zero-order valence-electron chi connectivity index (χ0n) is 18.3. The van der Waals surface area contributed by atoms with Gasteiger partial charge in [0.05, 0.1) is 25.4 Å². The molecule has 3 N–H and O–H groups in total. The molecule has 0 bridgehead atoms. The number of sulfonamides is 1. The second-order valence-corrected chi connectivity index (χ2v) is 11.4. The Hall–Kier alpha value is -3.12. The summed E-state index contributed by atoms with van der Waals surface area (Å²) in [6.45, 7) is 3.64. The predicted octanol–water partition coefficient (Wildman–Crippen LogP) is 4.86. The predicted molar refractivity (Wildman–Crippen MR) is 133 cm³/mol. The molecule has 3 aromatic carbocycles. The number of benzene rings is 3. The lowest BCUT2D eigenvalue weighted by atomic mass is 10.2. The first-order chi connectivity index (χ1) is 16.3. The quantitative estimate of drug-likeness (QED) is 0.179. The number of carboxylic acid groups (broad SMARTS) is 1. The summed E-state index contributed by atoms with van der Waals surface area (Å²) < 4.78 is 49.1. The minimum absolute atomic E-state index is 0.00288. The first-order valence-electron chi connectivity index (χ1n) is 9.60. The Labute approximate surface area is 212 Å². The summed E-state index contributed by atoms with van der Waals surface area (Å²) in [6, 6.07) is 16.6. The lowest BCUT2D eigenvalue weighted by Gasteiger charge is -2.10. The van der Waals surface area contributed by atoms with Crippen LogP contribution < -0.4 is 4.72 Å². The van der Waals surface area contributed by atoms with Crippen molar-refractivity contribution in [1.29, 1.82) is 0 Å². The number of oxime groups is 1. The Morgan fingerprint density at radius 1 is 0.800 bits per heavy atom. The molecule has 1 amide bonds. The summed E-state index contributed by atoms with van der Waals surface area (Å²) in [5.74, 6) is 0. The van der Waals surface area contributed by atoms with E-state index in [4.69, 9.17) is 28.3 Å². The fraction of sp³-hybridized carbons (Fsp3) is 0.0909. The molecule has 3 rings (SSSR count). The van der Waals surface area contributed by atoms with Gasteiger partial charge >= 0.3 is 6.09 Å². The van der Waals surface area contributed by atoms with E-state index in [9.17, 15) is 26.8 Å². The molecule has 0 heterocycles. The summed E-state index contributed by atoms with van der Waals surface area (Å²) in [5, 5.41) is 20.0. The van der Waals surface area contributed by atoms with Gasteiger partial charge in [0.25, 0.3) is 10.0 Å². The van der Waals surface area contributed by atoms with Gasteiger partial charge in [0.1, 0.15) is 0 Å². The Morgan fingerprint density at radius 3 is 1.63 bits per heavy atom. The summed E-state index contributed by atoms with van der Waals surface area (Å²) in [4.78, 5) is 10.1. The van der Waals surface area contributed by atoms with Crippen LogP contribution in [0.3, 0.4) is 0 Å². The third-order valence-corrected chi connectivity index (χ3v) is 8.06. The van der Waals surface area contributed by atoms with Crippen LogP contribution in [-0.4, -0.2) is 38.3 Å².